The van der Waals surface area contributed by atoms with Crippen molar-refractivity contribution in [3.63, 3.8) is 0 Å². The van der Waals surface area contributed by atoms with Gasteiger partial charge in [0, 0.05) is 23.3 Å². The number of carbonyl (C=O) groups excluding carboxylic acids is 1. The van der Waals surface area contributed by atoms with E-state index >= 15 is 0 Å². The van der Waals surface area contributed by atoms with E-state index in [1.807, 2.05) is 0 Å². The second-order valence-corrected chi connectivity index (χ2v) is 4.55. The van der Waals surface area contributed by atoms with Gasteiger partial charge in [0.2, 0.25) is 0 Å². The number of nitrogens with one attached hydrogen (secondary N) is 1. The molecule has 0 aliphatic rings. The Morgan fingerprint density at radius 3 is 2.73 bits per heavy atom. The molecule has 8 heteroatoms. The fourth-order valence-corrected chi connectivity index (χ4v) is 1.83. The standard InChI is InChI=1S/C14H9ClFN3O3/c15-12-5-2-6-13(16)11(12)8-17-18-14(20)9-3-1-4-10(7-9)19(21)22/h1-8H,(H,18,20)/b17-8-. The van der Waals surface area contributed by atoms with Crippen molar-refractivity contribution in [3.05, 3.63) is 74.5 Å². The monoisotopic (exact) mass is 321 g/mol. The molecule has 0 radical (unpaired) electrons. The smallest absolute Gasteiger partial charge is 0.267 e. The maximum absolute atomic E-state index is 13.5. The number of halogens is 2. The van der Waals surface area contributed by atoms with Gasteiger partial charge in [-0.05, 0) is 18.2 Å². The molecule has 0 saturated heterocycles. The van der Waals surface area contributed by atoms with Gasteiger partial charge < -0.3 is 0 Å². The largest absolute Gasteiger partial charge is 0.271 e. The normalized spacial score (nSPS) is 10.6. The van der Waals surface area contributed by atoms with E-state index in [9.17, 15) is 19.3 Å². The summed E-state index contributed by atoms with van der Waals surface area (Å²) in [5, 5.41) is 14.4. The lowest BCUT2D eigenvalue weighted by atomic mass is 10.2. The molecular formula is C14H9ClFN3O3. The SMILES string of the molecule is O=C(N/N=C\c1c(F)cccc1Cl)c1cccc([N+](=O)[O-])c1. The second kappa shape index (κ2) is 6.77. The Kier molecular flexibility index (Phi) is 4.80. The first-order valence-corrected chi connectivity index (χ1v) is 6.38. The van der Waals surface area contributed by atoms with Crippen molar-refractivity contribution in [3.8, 4) is 0 Å². The van der Waals surface area contributed by atoms with Crippen LogP contribution < -0.4 is 5.43 Å². The average molecular weight is 322 g/mol. The number of nitro groups is 1. The van der Waals surface area contributed by atoms with Crippen LogP contribution in [0.1, 0.15) is 15.9 Å². The van der Waals surface area contributed by atoms with Crippen LogP contribution in [0.25, 0.3) is 0 Å². The molecule has 2 aromatic carbocycles. The fraction of sp³-hybridized carbons (Fsp3) is 0. The number of nitrogens with zero attached hydrogens (tertiary/aromatic N) is 2. The van der Waals surface area contributed by atoms with Crippen molar-refractivity contribution in [1.29, 1.82) is 0 Å². The molecule has 0 saturated carbocycles. The number of carbonyl (C=O) groups is 1. The van der Waals surface area contributed by atoms with Crippen molar-refractivity contribution >= 4 is 29.4 Å². The summed E-state index contributed by atoms with van der Waals surface area (Å²) in [5.41, 5.74) is 2.03. The molecule has 0 aromatic heterocycles. The third-order valence-corrected chi connectivity index (χ3v) is 3.01. The molecule has 0 bridgehead atoms. The van der Waals surface area contributed by atoms with Crippen molar-refractivity contribution in [1.82, 2.24) is 5.43 Å². The summed E-state index contributed by atoms with van der Waals surface area (Å²) >= 11 is 5.80. The van der Waals surface area contributed by atoms with Gasteiger partial charge >= 0.3 is 0 Å². The van der Waals surface area contributed by atoms with Crippen LogP contribution in [0.2, 0.25) is 5.02 Å². The molecule has 0 spiro atoms. The van der Waals surface area contributed by atoms with Crippen LogP contribution in [0.5, 0.6) is 0 Å². The summed E-state index contributed by atoms with van der Waals surface area (Å²) in [6, 6.07) is 9.28. The number of nitro benzene ring substituents is 1. The summed E-state index contributed by atoms with van der Waals surface area (Å²) in [6.07, 6.45) is 1.06. The van der Waals surface area contributed by atoms with E-state index in [1.54, 1.807) is 0 Å². The van der Waals surface area contributed by atoms with Gasteiger partial charge in [-0.25, -0.2) is 9.82 Å². The first-order chi connectivity index (χ1) is 10.5. The van der Waals surface area contributed by atoms with Crippen LogP contribution in [0.4, 0.5) is 10.1 Å². The number of hydrogen-bond donors (Lipinski definition) is 1. The molecule has 2 rings (SSSR count). The molecule has 1 amide bonds. The fourth-order valence-electron chi connectivity index (χ4n) is 1.61. The Morgan fingerprint density at radius 1 is 1.32 bits per heavy atom. The summed E-state index contributed by atoms with van der Waals surface area (Å²) < 4.78 is 13.5. The van der Waals surface area contributed by atoms with E-state index in [0.717, 1.165) is 12.3 Å². The Morgan fingerprint density at radius 2 is 2.05 bits per heavy atom. The number of rotatable bonds is 4. The van der Waals surface area contributed by atoms with Crippen LogP contribution in [0.3, 0.4) is 0 Å². The number of non-ortho nitro benzene ring substituents is 1. The van der Waals surface area contributed by atoms with E-state index < -0.39 is 16.6 Å². The van der Waals surface area contributed by atoms with E-state index in [1.165, 1.54) is 36.4 Å². The molecule has 22 heavy (non-hydrogen) atoms. The van der Waals surface area contributed by atoms with Gasteiger partial charge in [0.15, 0.2) is 0 Å². The van der Waals surface area contributed by atoms with Gasteiger partial charge in [-0.2, -0.15) is 5.10 Å². The Balaban J connectivity index is 2.11. The zero-order valence-corrected chi connectivity index (χ0v) is 11.7. The summed E-state index contributed by atoms with van der Waals surface area (Å²) in [4.78, 5) is 21.8. The Bertz CT molecular complexity index is 744. The van der Waals surface area contributed by atoms with Gasteiger partial charge in [-0.3, -0.25) is 14.9 Å². The van der Waals surface area contributed by atoms with Crippen molar-refractivity contribution in [2.45, 2.75) is 0 Å². The Labute approximate surface area is 129 Å². The number of amides is 1. The van der Waals surface area contributed by atoms with Gasteiger partial charge in [0.25, 0.3) is 11.6 Å². The molecule has 0 heterocycles. The lowest BCUT2D eigenvalue weighted by molar-refractivity contribution is -0.384. The summed E-state index contributed by atoms with van der Waals surface area (Å²) in [5.74, 6) is -1.24. The highest BCUT2D eigenvalue weighted by Crippen LogP contribution is 2.16. The third kappa shape index (κ3) is 3.64. The van der Waals surface area contributed by atoms with Crippen molar-refractivity contribution in [2.24, 2.45) is 5.10 Å². The summed E-state index contributed by atoms with van der Waals surface area (Å²) in [6.45, 7) is 0. The maximum atomic E-state index is 13.5. The lowest BCUT2D eigenvalue weighted by Gasteiger charge is -2.01. The highest BCUT2D eigenvalue weighted by atomic mass is 35.5. The maximum Gasteiger partial charge on any atom is 0.271 e. The zero-order chi connectivity index (χ0) is 16.1. The number of hydrazone groups is 1. The van der Waals surface area contributed by atoms with E-state index in [0.29, 0.717) is 0 Å². The minimum absolute atomic E-state index is 0.0310. The van der Waals surface area contributed by atoms with Crippen LogP contribution in [0.15, 0.2) is 47.6 Å². The highest BCUT2D eigenvalue weighted by Gasteiger charge is 2.11. The van der Waals surface area contributed by atoms with E-state index in [2.05, 4.69) is 10.5 Å². The molecule has 0 atom stereocenters. The first kappa shape index (κ1) is 15.6. The molecule has 0 fully saturated rings. The predicted molar refractivity (Wildman–Crippen MR) is 79.6 cm³/mol. The van der Waals surface area contributed by atoms with Crippen LogP contribution in [0, 0.1) is 15.9 Å². The van der Waals surface area contributed by atoms with E-state index in [-0.39, 0.29) is 21.8 Å². The molecule has 6 nitrogen and oxygen atoms in total. The minimum atomic E-state index is -0.660. The minimum Gasteiger partial charge on any atom is -0.267 e. The van der Waals surface area contributed by atoms with Crippen LogP contribution in [-0.2, 0) is 0 Å². The lowest BCUT2D eigenvalue weighted by Crippen LogP contribution is -2.17. The summed E-state index contributed by atoms with van der Waals surface area (Å²) in [7, 11) is 0. The molecule has 0 aliphatic carbocycles. The van der Waals surface area contributed by atoms with Crippen LogP contribution >= 0.6 is 11.6 Å². The van der Waals surface area contributed by atoms with Gasteiger partial charge in [-0.15, -0.1) is 0 Å². The third-order valence-electron chi connectivity index (χ3n) is 2.68. The van der Waals surface area contributed by atoms with Gasteiger partial charge in [-0.1, -0.05) is 23.7 Å². The Hall–Kier alpha value is -2.80. The van der Waals surface area contributed by atoms with E-state index in [4.69, 9.17) is 11.6 Å². The quantitative estimate of drug-likeness (QED) is 0.533. The van der Waals surface area contributed by atoms with Gasteiger partial charge in [0.1, 0.15) is 5.82 Å². The number of benzene rings is 2. The van der Waals surface area contributed by atoms with Crippen LogP contribution in [-0.4, -0.2) is 17.0 Å². The zero-order valence-electron chi connectivity index (χ0n) is 11.0. The molecule has 112 valence electrons. The molecule has 1 N–H and O–H groups in total. The highest BCUT2D eigenvalue weighted by molar-refractivity contribution is 6.33. The molecule has 0 unspecified atom stereocenters. The second-order valence-electron chi connectivity index (χ2n) is 4.14. The van der Waals surface area contributed by atoms with Crippen molar-refractivity contribution in [2.75, 3.05) is 0 Å². The molecule has 2 aromatic rings. The first-order valence-electron chi connectivity index (χ1n) is 6.01. The molecule has 0 aliphatic heterocycles. The predicted octanol–water partition coefficient (Wildman–Crippen LogP) is 3.15. The topological polar surface area (TPSA) is 84.6 Å². The van der Waals surface area contributed by atoms with Crippen molar-refractivity contribution < 1.29 is 14.1 Å². The molecular weight excluding hydrogens is 313 g/mol. The van der Waals surface area contributed by atoms with Gasteiger partial charge in [0.05, 0.1) is 16.2 Å². The average Bonchev–Trinajstić information content (AvgIpc) is 2.50. The number of hydrogen-bond acceptors (Lipinski definition) is 4.